The van der Waals surface area contributed by atoms with E-state index in [9.17, 15) is 9.32 Å². The molecule has 0 aliphatic carbocycles. The zero-order chi connectivity index (χ0) is 25.9. The zero-order valence-corrected chi connectivity index (χ0v) is 21.7. The summed E-state index contributed by atoms with van der Waals surface area (Å²) in [7, 11) is 0. The van der Waals surface area contributed by atoms with Crippen molar-refractivity contribution in [3.8, 4) is 0 Å². The van der Waals surface area contributed by atoms with Gasteiger partial charge in [0.2, 0.25) is 6.29 Å². The van der Waals surface area contributed by atoms with Crippen LogP contribution < -0.4 is 0 Å². The van der Waals surface area contributed by atoms with Crippen molar-refractivity contribution in [2.24, 2.45) is 0 Å². The Morgan fingerprint density at radius 3 is 1.76 bits per heavy atom. The second-order valence-electron chi connectivity index (χ2n) is 8.75. The molecule has 8 heteroatoms. The molecule has 1 aliphatic heterocycles. The van der Waals surface area contributed by atoms with E-state index in [0.717, 1.165) is 16.7 Å². The summed E-state index contributed by atoms with van der Waals surface area (Å²) >= 11 is -1.62. The van der Waals surface area contributed by atoms with Gasteiger partial charge in [0.25, 0.3) is 0 Å². The van der Waals surface area contributed by atoms with Gasteiger partial charge in [0, 0.05) is 5.75 Å². The molecule has 0 radical (unpaired) electrons. The van der Waals surface area contributed by atoms with Crippen LogP contribution in [0.25, 0.3) is 0 Å². The molecule has 0 bridgehead atoms. The molecule has 6 atom stereocenters. The van der Waals surface area contributed by atoms with Crippen molar-refractivity contribution < 1.29 is 32.4 Å². The summed E-state index contributed by atoms with van der Waals surface area (Å²) in [6.07, 6.45) is -4.46. The molecule has 1 saturated heterocycles. The van der Waals surface area contributed by atoms with Crippen molar-refractivity contribution in [3.05, 3.63) is 108 Å². The quantitative estimate of drug-likeness (QED) is 0.358. The van der Waals surface area contributed by atoms with Crippen molar-refractivity contribution in [1.82, 2.24) is 0 Å². The Hall–Kier alpha value is -2.43. The van der Waals surface area contributed by atoms with Crippen LogP contribution in [0.5, 0.6) is 0 Å². The molecule has 0 amide bonds. The fourth-order valence-electron chi connectivity index (χ4n) is 4.07. The summed E-state index contributed by atoms with van der Waals surface area (Å²) in [6, 6.07) is 29.3. The molecule has 1 aliphatic rings. The third-order valence-corrected chi connectivity index (χ3v) is 6.89. The summed E-state index contributed by atoms with van der Waals surface area (Å²) in [5, 5.41) is 11.2. The monoisotopic (exact) mass is 526 g/mol. The Kier molecular flexibility index (Phi) is 10.8. The SMILES string of the molecule is CCS(=O)OC1O[C@H](COCc2ccccc2)[C@@H](OCc2ccccc2)[C@H](OCc2ccccc2)[C@@H]1O. The largest absolute Gasteiger partial charge is 0.385 e. The van der Waals surface area contributed by atoms with Crippen LogP contribution in [0.4, 0.5) is 0 Å². The van der Waals surface area contributed by atoms with Crippen molar-refractivity contribution in [3.63, 3.8) is 0 Å². The molecule has 0 spiro atoms. The first-order valence-electron chi connectivity index (χ1n) is 12.5. The molecule has 0 aromatic heterocycles. The minimum Gasteiger partial charge on any atom is -0.385 e. The van der Waals surface area contributed by atoms with Gasteiger partial charge in [-0.3, -0.25) is 4.18 Å². The van der Waals surface area contributed by atoms with E-state index in [0.29, 0.717) is 13.2 Å². The fourth-order valence-corrected chi connectivity index (χ4v) is 4.58. The standard InChI is InChI=1S/C29H34O7S/c1-2-37(31)36-29-26(30)28(34-20-24-16-10-5-11-17-24)27(33-19-23-14-8-4-9-15-23)25(35-29)21-32-18-22-12-6-3-7-13-22/h3-17,25-30H,2,18-21H2,1H3/t25-,26+,27-,28-,29?,37?/m1/s1. The third-order valence-electron chi connectivity index (χ3n) is 6.02. The molecule has 3 aromatic rings. The van der Waals surface area contributed by atoms with Gasteiger partial charge in [0.15, 0.2) is 11.1 Å². The molecule has 0 saturated carbocycles. The lowest BCUT2D eigenvalue weighted by molar-refractivity contribution is -0.298. The normalized spacial score (nSPS) is 24.5. The molecule has 1 heterocycles. The lowest BCUT2D eigenvalue weighted by Gasteiger charge is -2.43. The molecule has 3 aromatic carbocycles. The Bertz CT molecular complexity index is 1070. The average molecular weight is 527 g/mol. The molecular formula is C29H34O7S. The van der Waals surface area contributed by atoms with Crippen LogP contribution in [0.3, 0.4) is 0 Å². The van der Waals surface area contributed by atoms with Gasteiger partial charge in [-0.1, -0.05) is 97.9 Å². The number of aliphatic hydroxyl groups excluding tert-OH is 1. The average Bonchev–Trinajstić information content (AvgIpc) is 2.94. The summed E-state index contributed by atoms with van der Waals surface area (Å²) < 4.78 is 42.4. The number of hydrogen-bond acceptors (Lipinski definition) is 7. The topological polar surface area (TPSA) is 83.5 Å². The summed E-state index contributed by atoms with van der Waals surface area (Å²) in [5.41, 5.74) is 2.96. The minimum absolute atomic E-state index is 0.172. The summed E-state index contributed by atoms with van der Waals surface area (Å²) in [5.74, 6) is 0.269. The van der Waals surface area contributed by atoms with Gasteiger partial charge in [-0.15, -0.1) is 0 Å². The summed E-state index contributed by atoms with van der Waals surface area (Å²) in [4.78, 5) is 0. The zero-order valence-electron chi connectivity index (χ0n) is 20.9. The van der Waals surface area contributed by atoms with E-state index < -0.39 is 41.8 Å². The Morgan fingerprint density at radius 2 is 1.24 bits per heavy atom. The van der Waals surface area contributed by atoms with E-state index in [4.69, 9.17) is 23.1 Å². The number of rotatable bonds is 13. The maximum Gasteiger partial charge on any atom is 0.202 e. The lowest BCUT2D eigenvalue weighted by atomic mass is 9.98. The van der Waals surface area contributed by atoms with Crippen LogP contribution in [0.2, 0.25) is 0 Å². The first kappa shape index (κ1) is 27.6. The molecule has 2 unspecified atom stereocenters. The summed E-state index contributed by atoms with van der Waals surface area (Å²) in [6.45, 7) is 2.85. The molecule has 7 nitrogen and oxygen atoms in total. The van der Waals surface area contributed by atoms with Crippen molar-refractivity contribution in [1.29, 1.82) is 0 Å². The maximum atomic E-state index is 12.2. The van der Waals surface area contributed by atoms with Gasteiger partial charge < -0.3 is 24.1 Å². The predicted octanol–water partition coefficient (Wildman–Crippen LogP) is 4.16. The van der Waals surface area contributed by atoms with E-state index in [1.54, 1.807) is 6.92 Å². The van der Waals surface area contributed by atoms with E-state index in [2.05, 4.69) is 0 Å². The minimum atomic E-state index is -1.62. The first-order chi connectivity index (χ1) is 18.1. The lowest BCUT2D eigenvalue weighted by Crippen LogP contribution is -2.61. The van der Waals surface area contributed by atoms with Crippen LogP contribution >= 0.6 is 0 Å². The number of benzene rings is 3. The van der Waals surface area contributed by atoms with Crippen molar-refractivity contribution >= 4 is 11.1 Å². The Labute approximate surface area is 220 Å². The highest BCUT2D eigenvalue weighted by Gasteiger charge is 2.48. The van der Waals surface area contributed by atoms with Gasteiger partial charge in [0.1, 0.15) is 24.4 Å². The van der Waals surface area contributed by atoms with E-state index in [1.807, 2.05) is 91.0 Å². The third kappa shape index (κ3) is 8.28. The van der Waals surface area contributed by atoms with Gasteiger partial charge >= 0.3 is 0 Å². The Morgan fingerprint density at radius 1 is 0.757 bits per heavy atom. The molecule has 1 N–H and O–H groups in total. The predicted molar refractivity (Wildman–Crippen MR) is 141 cm³/mol. The molecule has 198 valence electrons. The number of hydrogen-bond donors (Lipinski definition) is 1. The van der Waals surface area contributed by atoms with Gasteiger partial charge in [-0.25, -0.2) is 4.21 Å². The molecule has 37 heavy (non-hydrogen) atoms. The van der Waals surface area contributed by atoms with Crippen LogP contribution in [-0.4, -0.2) is 52.4 Å². The highest BCUT2D eigenvalue weighted by molar-refractivity contribution is 7.80. The van der Waals surface area contributed by atoms with Crippen LogP contribution in [0.1, 0.15) is 23.6 Å². The molecule has 4 rings (SSSR count). The van der Waals surface area contributed by atoms with Gasteiger partial charge in [-0.2, -0.15) is 0 Å². The first-order valence-corrected chi connectivity index (χ1v) is 13.7. The smallest absolute Gasteiger partial charge is 0.202 e. The van der Waals surface area contributed by atoms with E-state index >= 15 is 0 Å². The molecule has 1 fully saturated rings. The second-order valence-corrected chi connectivity index (χ2v) is 10.1. The van der Waals surface area contributed by atoms with Gasteiger partial charge in [0.05, 0.1) is 26.4 Å². The van der Waals surface area contributed by atoms with Crippen molar-refractivity contribution in [2.45, 2.75) is 57.5 Å². The number of ether oxygens (including phenoxy) is 4. The highest BCUT2D eigenvalue weighted by atomic mass is 32.2. The van der Waals surface area contributed by atoms with E-state index in [-0.39, 0.29) is 19.0 Å². The molecular weight excluding hydrogens is 492 g/mol. The van der Waals surface area contributed by atoms with Crippen LogP contribution in [-0.2, 0) is 54.0 Å². The highest BCUT2D eigenvalue weighted by Crippen LogP contribution is 2.29. The fraction of sp³-hybridized carbons (Fsp3) is 0.379. The number of aliphatic hydroxyl groups is 1. The second kappa shape index (κ2) is 14.5. The van der Waals surface area contributed by atoms with Crippen molar-refractivity contribution in [2.75, 3.05) is 12.4 Å². The van der Waals surface area contributed by atoms with E-state index in [1.165, 1.54) is 0 Å². The van der Waals surface area contributed by atoms with Crippen LogP contribution in [0, 0.1) is 0 Å². The van der Waals surface area contributed by atoms with Gasteiger partial charge in [-0.05, 0) is 16.7 Å². The van der Waals surface area contributed by atoms with Crippen LogP contribution in [0.15, 0.2) is 91.0 Å². The maximum absolute atomic E-state index is 12.2. The Balaban J connectivity index is 1.53.